The van der Waals surface area contributed by atoms with Crippen molar-refractivity contribution in [2.45, 2.75) is 37.8 Å². The van der Waals surface area contributed by atoms with E-state index in [4.69, 9.17) is 4.74 Å². The molecular formula is C16H23BrN2O. The second-order valence-electron chi connectivity index (χ2n) is 5.82. The Bertz CT molecular complexity index is 413. The van der Waals surface area contributed by atoms with Crippen molar-refractivity contribution < 1.29 is 4.74 Å². The Hall–Kier alpha value is -0.580. The van der Waals surface area contributed by atoms with E-state index in [1.807, 2.05) is 24.3 Å². The Balaban J connectivity index is 1.43. The zero-order chi connectivity index (χ0) is 13.8. The summed E-state index contributed by atoms with van der Waals surface area (Å²) < 4.78 is 6.95. The zero-order valence-electron chi connectivity index (χ0n) is 11.9. The van der Waals surface area contributed by atoms with E-state index in [9.17, 15) is 0 Å². The molecule has 1 saturated heterocycles. The van der Waals surface area contributed by atoms with E-state index in [0.717, 1.165) is 29.4 Å². The van der Waals surface area contributed by atoms with E-state index in [1.54, 1.807) is 0 Å². The summed E-state index contributed by atoms with van der Waals surface area (Å²) in [6.07, 6.45) is 5.39. The standard InChI is InChI=1S/C16H23BrN2O/c17-13-3-7-16(8-4-13)20-11-10-19(15-5-6-15)12-14-2-1-9-18-14/h3-4,7-8,14-15,18H,1-2,5-6,9-12H2. The molecule has 2 fully saturated rings. The maximum atomic E-state index is 5.85. The number of hydrogen-bond donors (Lipinski definition) is 1. The number of nitrogens with one attached hydrogen (secondary N) is 1. The number of hydrogen-bond acceptors (Lipinski definition) is 3. The van der Waals surface area contributed by atoms with Crippen molar-refractivity contribution in [3.8, 4) is 5.75 Å². The molecule has 0 radical (unpaired) electrons. The van der Waals surface area contributed by atoms with Crippen LogP contribution in [0.5, 0.6) is 5.75 Å². The van der Waals surface area contributed by atoms with Crippen molar-refractivity contribution >= 4 is 15.9 Å². The van der Waals surface area contributed by atoms with Crippen LogP contribution >= 0.6 is 15.9 Å². The maximum Gasteiger partial charge on any atom is 0.119 e. The molecule has 1 unspecified atom stereocenters. The Kier molecular flexibility index (Phi) is 4.97. The molecule has 0 aromatic heterocycles. The minimum absolute atomic E-state index is 0.697. The highest BCUT2D eigenvalue weighted by Crippen LogP contribution is 2.27. The number of nitrogens with zero attached hydrogens (tertiary/aromatic N) is 1. The van der Waals surface area contributed by atoms with Crippen molar-refractivity contribution in [1.82, 2.24) is 10.2 Å². The molecule has 0 amide bonds. The molecule has 3 nitrogen and oxygen atoms in total. The highest BCUT2D eigenvalue weighted by atomic mass is 79.9. The van der Waals surface area contributed by atoms with E-state index in [0.29, 0.717) is 6.04 Å². The highest BCUT2D eigenvalue weighted by Gasteiger charge is 2.30. The van der Waals surface area contributed by atoms with Crippen LogP contribution in [0.1, 0.15) is 25.7 Å². The third kappa shape index (κ3) is 4.21. The highest BCUT2D eigenvalue weighted by molar-refractivity contribution is 9.10. The molecule has 1 saturated carbocycles. The summed E-state index contributed by atoms with van der Waals surface area (Å²) >= 11 is 3.44. The molecule has 20 heavy (non-hydrogen) atoms. The van der Waals surface area contributed by atoms with Gasteiger partial charge in [0.05, 0.1) is 0 Å². The van der Waals surface area contributed by atoms with Crippen LogP contribution in [0, 0.1) is 0 Å². The van der Waals surface area contributed by atoms with E-state index >= 15 is 0 Å². The monoisotopic (exact) mass is 338 g/mol. The Morgan fingerprint density at radius 2 is 2.00 bits per heavy atom. The number of benzene rings is 1. The summed E-state index contributed by atoms with van der Waals surface area (Å²) in [5, 5.41) is 3.60. The summed E-state index contributed by atoms with van der Waals surface area (Å²) in [7, 11) is 0. The minimum atomic E-state index is 0.697. The first-order valence-electron chi connectivity index (χ1n) is 7.67. The predicted molar refractivity (Wildman–Crippen MR) is 85.3 cm³/mol. The molecule has 0 bridgehead atoms. The van der Waals surface area contributed by atoms with Gasteiger partial charge in [-0.3, -0.25) is 4.90 Å². The molecule has 0 spiro atoms. The van der Waals surface area contributed by atoms with Crippen LogP contribution in [0.3, 0.4) is 0 Å². The van der Waals surface area contributed by atoms with Crippen LogP contribution in [0.2, 0.25) is 0 Å². The van der Waals surface area contributed by atoms with Gasteiger partial charge in [-0.15, -0.1) is 0 Å². The SMILES string of the molecule is Brc1ccc(OCCN(CC2CCCN2)C2CC2)cc1. The fourth-order valence-corrected chi connectivity index (χ4v) is 3.13. The van der Waals surface area contributed by atoms with Gasteiger partial charge in [0.15, 0.2) is 0 Å². The first kappa shape index (κ1) is 14.4. The van der Waals surface area contributed by atoms with Crippen molar-refractivity contribution in [3.05, 3.63) is 28.7 Å². The Labute approximate surface area is 129 Å². The average molecular weight is 339 g/mol. The average Bonchev–Trinajstić information content (AvgIpc) is 3.18. The molecule has 2 aliphatic rings. The third-order valence-corrected chi connectivity index (χ3v) is 4.67. The van der Waals surface area contributed by atoms with Gasteiger partial charge in [-0.1, -0.05) is 15.9 Å². The quantitative estimate of drug-likeness (QED) is 0.826. The normalized spacial score (nSPS) is 22.4. The molecule has 1 heterocycles. The Morgan fingerprint density at radius 1 is 1.20 bits per heavy atom. The molecule has 1 aromatic carbocycles. The molecule has 1 N–H and O–H groups in total. The smallest absolute Gasteiger partial charge is 0.119 e. The lowest BCUT2D eigenvalue weighted by atomic mass is 10.2. The molecule has 110 valence electrons. The van der Waals surface area contributed by atoms with E-state index < -0.39 is 0 Å². The van der Waals surface area contributed by atoms with Crippen molar-refractivity contribution in [1.29, 1.82) is 0 Å². The fourth-order valence-electron chi connectivity index (χ4n) is 2.87. The number of rotatable bonds is 7. The molecule has 3 rings (SSSR count). The van der Waals surface area contributed by atoms with Gasteiger partial charge in [-0.2, -0.15) is 0 Å². The molecule has 4 heteroatoms. The second kappa shape index (κ2) is 6.92. The molecule has 1 aliphatic heterocycles. The van der Waals surface area contributed by atoms with Crippen LogP contribution in [0.25, 0.3) is 0 Å². The van der Waals surface area contributed by atoms with Crippen molar-refractivity contribution in [2.24, 2.45) is 0 Å². The van der Waals surface area contributed by atoms with Crippen molar-refractivity contribution in [3.63, 3.8) is 0 Å². The van der Waals surface area contributed by atoms with Crippen LogP contribution in [-0.4, -0.2) is 43.2 Å². The molecule has 1 aromatic rings. The summed E-state index contributed by atoms with van der Waals surface area (Å²) in [6.45, 7) is 4.21. The summed E-state index contributed by atoms with van der Waals surface area (Å²) in [5.74, 6) is 0.961. The van der Waals surface area contributed by atoms with Crippen LogP contribution in [0.4, 0.5) is 0 Å². The molecule has 1 atom stereocenters. The van der Waals surface area contributed by atoms with Gasteiger partial charge < -0.3 is 10.1 Å². The topological polar surface area (TPSA) is 24.5 Å². The fraction of sp³-hybridized carbons (Fsp3) is 0.625. The van der Waals surface area contributed by atoms with E-state index in [2.05, 4.69) is 26.1 Å². The van der Waals surface area contributed by atoms with Gasteiger partial charge in [0.25, 0.3) is 0 Å². The summed E-state index contributed by atoms with van der Waals surface area (Å²) in [6, 6.07) is 9.59. The van der Waals surface area contributed by atoms with Gasteiger partial charge in [-0.25, -0.2) is 0 Å². The van der Waals surface area contributed by atoms with Gasteiger partial charge in [0.1, 0.15) is 12.4 Å². The number of ether oxygens (including phenoxy) is 1. The lowest BCUT2D eigenvalue weighted by molar-refractivity contribution is 0.189. The lowest BCUT2D eigenvalue weighted by Crippen LogP contribution is -2.40. The Morgan fingerprint density at radius 3 is 2.65 bits per heavy atom. The number of halogens is 1. The van der Waals surface area contributed by atoms with Gasteiger partial charge in [0.2, 0.25) is 0 Å². The predicted octanol–water partition coefficient (Wildman–Crippen LogP) is 3.04. The maximum absolute atomic E-state index is 5.85. The van der Waals surface area contributed by atoms with Crippen LogP contribution in [-0.2, 0) is 0 Å². The first-order valence-corrected chi connectivity index (χ1v) is 8.46. The summed E-state index contributed by atoms with van der Waals surface area (Å²) in [5.41, 5.74) is 0. The van der Waals surface area contributed by atoms with Crippen molar-refractivity contribution in [2.75, 3.05) is 26.2 Å². The van der Waals surface area contributed by atoms with Crippen LogP contribution in [0.15, 0.2) is 28.7 Å². The van der Waals surface area contributed by atoms with Gasteiger partial charge in [0, 0.05) is 29.6 Å². The van der Waals surface area contributed by atoms with Gasteiger partial charge >= 0.3 is 0 Å². The van der Waals surface area contributed by atoms with E-state index in [1.165, 1.54) is 38.8 Å². The van der Waals surface area contributed by atoms with E-state index in [-0.39, 0.29) is 0 Å². The minimum Gasteiger partial charge on any atom is -0.492 e. The zero-order valence-corrected chi connectivity index (χ0v) is 13.4. The van der Waals surface area contributed by atoms with Gasteiger partial charge in [-0.05, 0) is 56.5 Å². The first-order chi connectivity index (χ1) is 9.81. The summed E-state index contributed by atoms with van der Waals surface area (Å²) in [4.78, 5) is 2.61. The second-order valence-corrected chi connectivity index (χ2v) is 6.74. The molecule has 1 aliphatic carbocycles. The third-order valence-electron chi connectivity index (χ3n) is 4.14. The largest absolute Gasteiger partial charge is 0.492 e. The molecular weight excluding hydrogens is 316 g/mol. The lowest BCUT2D eigenvalue weighted by Gasteiger charge is -2.25. The van der Waals surface area contributed by atoms with Crippen LogP contribution < -0.4 is 10.1 Å².